The second-order valence-electron chi connectivity index (χ2n) is 7.03. The van der Waals surface area contributed by atoms with Gasteiger partial charge in [0.05, 0.1) is 0 Å². The first-order chi connectivity index (χ1) is 15.6. The zero-order valence-electron chi connectivity index (χ0n) is 17.7. The maximum Gasteiger partial charge on any atom is 0.262 e. The van der Waals surface area contributed by atoms with Gasteiger partial charge >= 0.3 is 0 Å². The van der Waals surface area contributed by atoms with Gasteiger partial charge in [0.15, 0.2) is 6.61 Å². The predicted molar refractivity (Wildman–Crippen MR) is 124 cm³/mol. The minimum Gasteiger partial charge on any atom is -0.483 e. The molecule has 3 aromatic rings. The van der Waals surface area contributed by atoms with Crippen molar-refractivity contribution >= 4 is 23.6 Å². The number of aryl methyl sites for hydroxylation is 1. The third kappa shape index (κ3) is 6.31. The molecule has 0 aliphatic heterocycles. The highest BCUT2D eigenvalue weighted by atomic mass is 16.5. The number of anilines is 1. The number of para-hydroxylation sites is 2. The van der Waals surface area contributed by atoms with E-state index in [1.807, 2.05) is 67.6 Å². The Labute approximate surface area is 187 Å². The lowest BCUT2D eigenvalue weighted by Crippen LogP contribution is -2.24. The van der Waals surface area contributed by atoms with Crippen LogP contribution in [0, 0.1) is 18.3 Å². The normalized spacial score (nSPS) is 10.7. The third-order valence-corrected chi connectivity index (χ3v) is 4.66. The molecular formula is C26H23N3O3. The number of rotatable bonds is 8. The Balaban J connectivity index is 1.65. The van der Waals surface area contributed by atoms with E-state index >= 15 is 0 Å². The molecule has 0 aliphatic carbocycles. The van der Waals surface area contributed by atoms with Crippen LogP contribution in [0.25, 0.3) is 6.08 Å². The Morgan fingerprint density at radius 1 is 0.969 bits per heavy atom. The second kappa shape index (κ2) is 11.1. The minimum absolute atomic E-state index is 0.0543. The molecule has 6 nitrogen and oxygen atoms in total. The van der Waals surface area contributed by atoms with Crippen LogP contribution in [0.1, 0.15) is 16.7 Å². The van der Waals surface area contributed by atoms with Crippen molar-refractivity contribution < 1.29 is 14.3 Å². The zero-order chi connectivity index (χ0) is 22.8. The zero-order valence-corrected chi connectivity index (χ0v) is 17.7. The lowest BCUT2D eigenvalue weighted by atomic mass is 10.1. The molecule has 0 aromatic heterocycles. The van der Waals surface area contributed by atoms with Crippen LogP contribution in [0.2, 0.25) is 0 Å². The molecule has 2 N–H and O–H groups in total. The molecule has 3 aromatic carbocycles. The third-order valence-electron chi connectivity index (χ3n) is 4.66. The predicted octanol–water partition coefficient (Wildman–Crippen LogP) is 4.24. The van der Waals surface area contributed by atoms with Crippen LogP contribution in [0.3, 0.4) is 0 Å². The number of nitriles is 1. The number of nitrogens with one attached hydrogen (secondary N) is 2. The van der Waals surface area contributed by atoms with Gasteiger partial charge in [-0.25, -0.2) is 0 Å². The van der Waals surface area contributed by atoms with Crippen molar-refractivity contribution in [2.75, 3.05) is 11.9 Å². The fraction of sp³-hybridized carbons (Fsp3) is 0.115. The summed E-state index contributed by atoms with van der Waals surface area (Å²) in [5.41, 5.74) is 3.07. The first-order valence-electron chi connectivity index (χ1n) is 10.1. The van der Waals surface area contributed by atoms with Crippen LogP contribution in [0.4, 0.5) is 5.69 Å². The standard InChI is InChI=1S/C26H23N3O3/c1-19-9-5-7-13-23(19)29-25(30)18-32-24-14-8-6-12-21(24)15-22(16-27)26(31)28-17-20-10-3-2-4-11-20/h2-15H,17-18H2,1H3,(H,28,31)(H,29,30)/b22-15+. The molecule has 0 saturated heterocycles. The molecule has 6 heteroatoms. The van der Waals surface area contributed by atoms with Crippen LogP contribution >= 0.6 is 0 Å². The van der Waals surface area contributed by atoms with Gasteiger partial charge in [0.1, 0.15) is 17.4 Å². The minimum atomic E-state index is -0.483. The molecule has 0 radical (unpaired) electrons. The lowest BCUT2D eigenvalue weighted by molar-refractivity contribution is -0.118. The van der Waals surface area contributed by atoms with Crippen LogP contribution in [-0.2, 0) is 16.1 Å². The maximum atomic E-state index is 12.5. The number of amides is 2. The average Bonchev–Trinajstić information content (AvgIpc) is 2.82. The Morgan fingerprint density at radius 3 is 2.41 bits per heavy atom. The van der Waals surface area contributed by atoms with Gasteiger partial charge in [-0.15, -0.1) is 0 Å². The maximum absolute atomic E-state index is 12.5. The Kier molecular flexibility index (Phi) is 7.77. The molecule has 0 saturated carbocycles. The van der Waals surface area contributed by atoms with E-state index < -0.39 is 5.91 Å². The summed E-state index contributed by atoms with van der Waals surface area (Å²) in [7, 11) is 0. The average molecular weight is 425 g/mol. The van der Waals surface area contributed by atoms with Gasteiger partial charge in [-0.3, -0.25) is 9.59 Å². The molecule has 32 heavy (non-hydrogen) atoms. The van der Waals surface area contributed by atoms with Crippen LogP contribution in [0.5, 0.6) is 5.75 Å². The molecule has 0 atom stereocenters. The highest BCUT2D eigenvalue weighted by Crippen LogP contribution is 2.21. The Hall–Kier alpha value is -4.37. The van der Waals surface area contributed by atoms with E-state index in [9.17, 15) is 14.9 Å². The van der Waals surface area contributed by atoms with E-state index in [1.54, 1.807) is 24.3 Å². The largest absolute Gasteiger partial charge is 0.483 e. The molecule has 0 fully saturated rings. The summed E-state index contributed by atoms with van der Waals surface area (Å²) >= 11 is 0. The smallest absolute Gasteiger partial charge is 0.262 e. The number of ether oxygens (including phenoxy) is 1. The summed E-state index contributed by atoms with van der Waals surface area (Å²) in [6.07, 6.45) is 1.45. The van der Waals surface area contributed by atoms with Crippen molar-refractivity contribution in [2.24, 2.45) is 0 Å². The number of carbonyl (C=O) groups is 2. The van der Waals surface area contributed by atoms with E-state index in [0.29, 0.717) is 17.9 Å². The monoisotopic (exact) mass is 425 g/mol. The lowest BCUT2D eigenvalue weighted by Gasteiger charge is -2.11. The molecule has 0 heterocycles. The molecule has 0 unspecified atom stereocenters. The molecular weight excluding hydrogens is 402 g/mol. The summed E-state index contributed by atoms with van der Waals surface area (Å²) in [6, 6.07) is 25.8. The Bertz CT molecular complexity index is 1160. The van der Waals surface area contributed by atoms with Crippen molar-refractivity contribution in [3.63, 3.8) is 0 Å². The molecule has 160 valence electrons. The van der Waals surface area contributed by atoms with Gasteiger partial charge in [0.25, 0.3) is 11.8 Å². The van der Waals surface area contributed by atoms with E-state index in [1.165, 1.54) is 6.08 Å². The van der Waals surface area contributed by atoms with Gasteiger partial charge in [-0.2, -0.15) is 5.26 Å². The number of nitrogens with zero attached hydrogens (tertiary/aromatic N) is 1. The molecule has 3 rings (SSSR count). The van der Waals surface area contributed by atoms with E-state index in [0.717, 1.165) is 16.8 Å². The summed E-state index contributed by atoms with van der Waals surface area (Å²) in [5.74, 6) is -0.390. The quantitative estimate of drug-likeness (QED) is 0.417. The van der Waals surface area contributed by atoms with Gasteiger partial charge in [0.2, 0.25) is 0 Å². The second-order valence-corrected chi connectivity index (χ2v) is 7.03. The molecule has 0 bridgehead atoms. The van der Waals surface area contributed by atoms with Crippen LogP contribution < -0.4 is 15.4 Å². The number of hydrogen-bond acceptors (Lipinski definition) is 4. The van der Waals surface area contributed by atoms with Crippen molar-refractivity contribution in [3.05, 3.63) is 101 Å². The van der Waals surface area contributed by atoms with Gasteiger partial charge < -0.3 is 15.4 Å². The van der Waals surface area contributed by atoms with Gasteiger partial charge in [0, 0.05) is 17.8 Å². The van der Waals surface area contributed by atoms with Crippen molar-refractivity contribution in [2.45, 2.75) is 13.5 Å². The van der Waals surface area contributed by atoms with E-state index in [-0.39, 0.29) is 18.1 Å². The van der Waals surface area contributed by atoms with Crippen molar-refractivity contribution in [3.8, 4) is 11.8 Å². The molecule has 0 spiro atoms. The van der Waals surface area contributed by atoms with Gasteiger partial charge in [-0.1, -0.05) is 66.7 Å². The molecule has 2 amide bonds. The summed E-state index contributed by atoms with van der Waals surface area (Å²) in [5, 5.41) is 15.0. The van der Waals surface area contributed by atoms with Crippen molar-refractivity contribution in [1.29, 1.82) is 5.26 Å². The first-order valence-corrected chi connectivity index (χ1v) is 10.1. The molecule has 0 aliphatic rings. The van der Waals surface area contributed by atoms with E-state index in [2.05, 4.69) is 10.6 Å². The SMILES string of the molecule is Cc1ccccc1NC(=O)COc1ccccc1/C=C(\C#N)C(=O)NCc1ccccc1. The van der Waals surface area contributed by atoms with Crippen molar-refractivity contribution in [1.82, 2.24) is 5.32 Å². The fourth-order valence-electron chi connectivity index (χ4n) is 2.95. The fourth-order valence-corrected chi connectivity index (χ4v) is 2.95. The van der Waals surface area contributed by atoms with Crippen LogP contribution in [-0.4, -0.2) is 18.4 Å². The topological polar surface area (TPSA) is 91.2 Å². The summed E-state index contributed by atoms with van der Waals surface area (Å²) < 4.78 is 5.67. The summed E-state index contributed by atoms with van der Waals surface area (Å²) in [4.78, 5) is 24.7. The Morgan fingerprint density at radius 2 is 1.66 bits per heavy atom. The highest BCUT2D eigenvalue weighted by molar-refractivity contribution is 6.02. The number of carbonyl (C=O) groups excluding carboxylic acids is 2. The van der Waals surface area contributed by atoms with Gasteiger partial charge in [-0.05, 0) is 36.3 Å². The summed E-state index contributed by atoms with van der Waals surface area (Å²) in [6.45, 7) is 2.01. The number of benzene rings is 3. The van der Waals surface area contributed by atoms with E-state index in [4.69, 9.17) is 4.74 Å². The van der Waals surface area contributed by atoms with Crippen LogP contribution in [0.15, 0.2) is 84.4 Å². The number of hydrogen-bond donors (Lipinski definition) is 2. The highest BCUT2D eigenvalue weighted by Gasteiger charge is 2.12. The first kappa shape index (κ1) is 22.3.